The normalized spacial score (nSPS) is 11.5. The maximum atomic E-state index is 12.0. The van der Waals surface area contributed by atoms with E-state index < -0.39 is 10.0 Å². The van der Waals surface area contributed by atoms with Gasteiger partial charge in [0.2, 0.25) is 10.0 Å². The van der Waals surface area contributed by atoms with E-state index in [9.17, 15) is 13.2 Å². The summed E-state index contributed by atoms with van der Waals surface area (Å²) in [5, 5.41) is 0.517. The second-order valence-corrected chi connectivity index (χ2v) is 8.27. The Balaban J connectivity index is 1.88. The van der Waals surface area contributed by atoms with Crippen LogP contribution in [-0.4, -0.2) is 20.7 Å². The van der Waals surface area contributed by atoms with E-state index >= 15 is 0 Å². The minimum Gasteiger partial charge on any atom is -0.294 e. The molecule has 2 rings (SSSR count). The number of carbonyl (C=O) groups is 1. The minimum absolute atomic E-state index is 0.0257. The van der Waals surface area contributed by atoms with Crippen molar-refractivity contribution in [3.63, 3.8) is 0 Å². The van der Waals surface area contributed by atoms with E-state index in [1.165, 1.54) is 18.3 Å². The monoisotopic (exact) mass is 357 g/mol. The van der Waals surface area contributed by atoms with Crippen LogP contribution in [0.1, 0.15) is 27.0 Å². The van der Waals surface area contributed by atoms with E-state index in [1.54, 1.807) is 30.3 Å². The minimum atomic E-state index is -3.40. The zero-order valence-electron chi connectivity index (χ0n) is 12.0. The SMILES string of the molecule is CC(=O)c1ccc(CCNS(=O)(=O)Cc2cccc(Cl)c2)s1. The van der Waals surface area contributed by atoms with Gasteiger partial charge in [0.15, 0.2) is 5.78 Å². The Hall–Kier alpha value is -1.21. The van der Waals surface area contributed by atoms with Gasteiger partial charge >= 0.3 is 0 Å². The molecule has 0 saturated heterocycles. The van der Waals surface area contributed by atoms with Crippen LogP contribution >= 0.6 is 22.9 Å². The van der Waals surface area contributed by atoms with Gasteiger partial charge in [0.1, 0.15) is 0 Å². The van der Waals surface area contributed by atoms with Gasteiger partial charge in [0.05, 0.1) is 10.6 Å². The van der Waals surface area contributed by atoms with Gasteiger partial charge in [-0.1, -0.05) is 23.7 Å². The number of carbonyl (C=O) groups excluding carboxylic acids is 1. The Kier molecular flexibility index (Phi) is 5.74. The zero-order valence-corrected chi connectivity index (χ0v) is 14.4. The second kappa shape index (κ2) is 7.37. The van der Waals surface area contributed by atoms with Crippen molar-refractivity contribution in [2.75, 3.05) is 6.54 Å². The van der Waals surface area contributed by atoms with Crippen molar-refractivity contribution in [2.24, 2.45) is 0 Å². The van der Waals surface area contributed by atoms with E-state index in [1.807, 2.05) is 6.07 Å². The smallest absolute Gasteiger partial charge is 0.215 e. The van der Waals surface area contributed by atoms with Crippen LogP contribution in [0, 0.1) is 0 Å². The number of Topliss-reactive ketones (excluding diaryl/α,β-unsaturated/α-hetero) is 1. The van der Waals surface area contributed by atoms with Crippen LogP contribution in [0.2, 0.25) is 5.02 Å². The predicted molar refractivity (Wildman–Crippen MR) is 90.1 cm³/mol. The first-order chi connectivity index (χ1) is 10.4. The third-order valence-corrected chi connectivity index (χ3v) is 5.79. The van der Waals surface area contributed by atoms with Gasteiger partial charge in [-0.25, -0.2) is 13.1 Å². The average molecular weight is 358 g/mol. The molecule has 0 saturated carbocycles. The van der Waals surface area contributed by atoms with Crippen molar-refractivity contribution in [1.82, 2.24) is 4.72 Å². The molecule has 22 heavy (non-hydrogen) atoms. The summed E-state index contributed by atoms with van der Waals surface area (Å²) in [7, 11) is -3.40. The van der Waals surface area contributed by atoms with E-state index in [-0.39, 0.29) is 11.5 Å². The highest BCUT2D eigenvalue weighted by molar-refractivity contribution is 7.88. The highest BCUT2D eigenvalue weighted by Gasteiger charge is 2.12. The molecule has 1 aromatic carbocycles. The molecule has 0 radical (unpaired) electrons. The van der Waals surface area contributed by atoms with Crippen molar-refractivity contribution in [1.29, 1.82) is 0 Å². The van der Waals surface area contributed by atoms with Crippen molar-refractivity contribution in [2.45, 2.75) is 19.1 Å². The van der Waals surface area contributed by atoms with Gasteiger partial charge in [-0.3, -0.25) is 4.79 Å². The maximum absolute atomic E-state index is 12.0. The lowest BCUT2D eigenvalue weighted by Gasteiger charge is -2.06. The molecule has 0 spiro atoms. The average Bonchev–Trinajstić information content (AvgIpc) is 2.87. The molecule has 7 heteroatoms. The summed E-state index contributed by atoms with van der Waals surface area (Å²) in [6.07, 6.45) is 0.562. The van der Waals surface area contributed by atoms with E-state index in [2.05, 4.69) is 4.72 Å². The van der Waals surface area contributed by atoms with Gasteiger partial charge in [0.25, 0.3) is 0 Å². The Labute approximate surface area is 139 Å². The van der Waals surface area contributed by atoms with E-state index in [0.29, 0.717) is 28.4 Å². The molecular formula is C15H16ClNO3S2. The predicted octanol–water partition coefficient (Wildman–Crippen LogP) is 3.27. The van der Waals surface area contributed by atoms with Crippen LogP contribution in [-0.2, 0) is 22.2 Å². The van der Waals surface area contributed by atoms with Gasteiger partial charge in [-0.15, -0.1) is 11.3 Å². The van der Waals surface area contributed by atoms with Crippen LogP contribution < -0.4 is 4.72 Å². The van der Waals surface area contributed by atoms with Crippen LogP contribution in [0.4, 0.5) is 0 Å². The lowest BCUT2D eigenvalue weighted by Crippen LogP contribution is -2.27. The number of hydrogen-bond acceptors (Lipinski definition) is 4. The fourth-order valence-corrected chi connectivity index (χ4v) is 4.18. The molecule has 0 unspecified atom stereocenters. The standard InChI is InChI=1S/C15H16ClNO3S2/c1-11(18)15-6-5-14(21-15)7-8-17-22(19,20)10-12-3-2-4-13(16)9-12/h2-6,9,17H,7-8,10H2,1H3. The summed E-state index contributed by atoms with van der Waals surface area (Å²) in [4.78, 5) is 12.9. The number of halogens is 1. The van der Waals surface area contributed by atoms with E-state index in [4.69, 9.17) is 11.6 Å². The summed E-state index contributed by atoms with van der Waals surface area (Å²) in [6, 6.07) is 10.4. The molecule has 1 heterocycles. The molecule has 0 aliphatic rings. The molecule has 0 aliphatic heterocycles. The fourth-order valence-electron chi connectivity index (χ4n) is 1.93. The largest absolute Gasteiger partial charge is 0.294 e. The first-order valence-corrected chi connectivity index (χ1v) is 9.52. The molecule has 0 atom stereocenters. The molecule has 2 aromatic rings. The van der Waals surface area contributed by atoms with Crippen LogP contribution in [0.25, 0.3) is 0 Å². The fraction of sp³-hybridized carbons (Fsp3) is 0.267. The van der Waals surface area contributed by atoms with Crippen molar-refractivity contribution in [3.8, 4) is 0 Å². The second-order valence-electron chi connectivity index (χ2n) is 4.86. The first kappa shape index (κ1) is 17.1. The third-order valence-electron chi connectivity index (χ3n) is 2.95. The molecule has 0 amide bonds. The quantitative estimate of drug-likeness (QED) is 0.773. The number of nitrogens with one attached hydrogen (secondary N) is 1. The summed E-state index contributed by atoms with van der Waals surface area (Å²) in [5.74, 6) is -0.0748. The Morgan fingerprint density at radius 3 is 2.68 bits per heavy atom. The van der Waals surface area contributed by atoms with E-state index in [0.717, 1.165) is 4.88 Å². The first-order valence-electron chi connectivity index (χ1n) is 6.67. The Morgan fingerprint density at radius 2 is 2.05 bits per heavy atom. The number of thiophene rings is 1. The number of rotatable bonds is 7. The Morgan fingerprint density at radius 1 is 1.27 bits per heavy atom. The van der Waals surface area contributed by atoms with Crippen LogP contribution in [0.15, 0.2) is 36.4 Å². The third kappa shape index (κ3) is 5.21. The number of ketones is 1. The molecule has 1 N–H and O–H groups in total. The molecule has 1 aromatic heterocycles. The lowest BCUT2D eigenvalue weighted by molar-refractivity contribution is 0.102. The van der Waals surface area contributed by atoms with Gasteiger partial charge in [0, 0.05) is 16.4 Å². The van der Waals surface area contributed by atoms with Crippen LogP contribution in [0.5, 0.6) is 0 Å². The van der Waals surface area contributed by atoms with Crippen LogP contribution in [0.3, 0.4) is 0 Å². The maximum Gasteiger partial charge on any atom is 0.215 e. The summed E-state index contributed by atoms with van der Waals surface area (Å²) >= 11 is 7.24. The highest BCUT2D eigenvalue weighted by Crippen LogP contribution is 2.17. The highest BCUT2D eigenvalue weighted by atomic mass is 35.5. The zero-order chi connectivity index (χ0) is 16.2. The molecule has 0 aliphatic carbocycles. The van der Waals surface area contributed by atoms with Gasteiger partial charge < -0.3 is 0 Å². The Bertz CT molecular complexity index is 769. The molecule has 4 nitrogen and oxygen atoms in total. The van der Waals surface area contributed by atoms with Gasteiger partial charge in [-0.05, 0) is 43.2 Å². The van der Waals surface area contributed by atoms with Crippen molar-refractivity contribution < 1.29 is 13.2 Å². The number of sulfonamides is 1. The summed E-state index contributed by atoms with van der Waals surface area (Å²) in [6.45, 7) is 1.82. The summed E-state index contributed by atoms with van der Waals surface area (Å²) in [5.41, 5.74) is 0.648. The molecule has 0 bridgehead atoms. The van der Waals surface area contributed by atoms with Gasteiger partial charge in [-0.2, -0.15) is 0 Å². The molecular weight excluding hydrogens is 342 g/mol. The topological polar surface area (TPSA) is 63.2 Å². The number of benzene rings is 1. The van der Waals surface area contributed by atoms with Crippen molar-refractivity contribution in [3.05, 3.63) is 56.7 Å². The molecule has 118 valence electrons. The lowest BCUT2D eigenvalue weighted by atomic mass is 10.2. The number of hydrogen-bond donors (Lipinski definition) is 1. The molecule has 0 fully saturated rings. The summed E-state index contributed by atoms with van der Waals surface area (Å²) < 4.78 is 26.6. The van der Waals surface area contributed by atoms with Crippen molar-refractivity contribution >= 4 is 38.7 Å².